The lowest BCUT2D eigenvalue weighted by molar-refractivity contribution is 1.00. The molecule has 7 heteroatoms. The fraction of sp³-hybridized carbons (Fsp3) is 0. The summed E-state index contributed by atoms with van der Waals surface area (Å²) in [5.74, 6) is 0.635. The molecule has 0 unspecified atom stereocenters. The van der Waals surface area contributed by atoms with Gasteiger partial charge in [0, 0.05) is 5.02 Å². The lowest BCUT2D eigenvalue weighted by Gasteiger charge is -2.01. The Hall–Kier alpha value is -1.69. The van der Waals surface area contributed by atoms with Crippen LogP contribution in [0.25, 0.3) is 27.4 Å². The zero-order valence-electron chi connectivity index (χ0n) is 9.92. The summed E-state index contributed by atoms with van der Waals surface area (Å²) in [7, 11) is 0. The Labute approximate surface area is 127 Å². The largest absolute Gasteiger partial charge is 0.231 e. The van der Waals surface area contributed by atoms with Gasteiger partial charge in [0.25, 0.3) is 0 Å². The average molecular weight is 321 g/mol. The fourth-order valence-corrected chi connectivity index (χ4v) is 3.07. The van der Waals surface area contributed by atoms with Crippen LogP contribution in [0.4, 0.5) is 0 Å². The molecule has 0 spiro atoms. The van der Waals surface area contributed by atoms with E-state index in [1.54, 1.807) is 28.0 Å². The van der Waals surface area contributed by atoms with E-state index in [0.717, 1.165) is 15.9 Å². The molecule has 0 radical (unpaired) electrons. The average Bonchev–Trinajstić information content (AvgIpc) is 3.08. The van der Waals surface area contributed by atoms with Crippen molar-refractivity contribution < 1.29 is 0 Å². The van der Waals surface area contributed by atoms with Gasteiger partial charge in [0.1, 0.15) is 0 Å². The van der Waals surface area contributed by atoms with E-state index in [1.807, 2.05) is 23.6 Å². The first-order valence-corrected chi connectivity index (χ1v) is 7.41. The number of halogens is 2. The van der Waals surface area contributed by atoms with Gasteiger partial charge in [-0.3, -0.25) is 0 Å². The predicted molar refractivity (Wildman–Crippen MR) is 81.6 cm³/mol. The highest BCUT2D eigenvalue weighted by atomic mass is 35.5. The fourth-order valence-electron chi connectivity index (χ4n) is 2.04. The molecule has 20 heavy (non-hydrogen) atoms. The van der Waals surface area contributed by atoms with E-state index < -0.39 is 0 Å². The predicted octanol–water partition coefficient (Wildman–Crippen LogP) is 4.31. The van der Waals surface area contributed by atoms with Crippen LogP contribution in [0.1, 0.15) is 0 Å². The molecule has 0 amide bonds. The van der Waals surface area contributed by atoms with Crippen molar-refractivity contribution >= 4 is 51.2 Å². The molecule has 3 aromatic heterocycles. The van der Waals surface area contributed by atoms with Gasteiger partial charge >= 0.3 is 0 Å². The first kappa shape index (κ1) is 12.1. The van der Waals surface area contributed by atoms with Crippen molar-refractivity contribution in [2.75, 3.05) is 0 Å². The Balaban J connectivity index is 2.12. The van der Waals surface area contributed by atoms with E-state index in [1.165, 1.54) is 0 Å². The minimum absolute atomic E-state index is 0.329. The maximum absolute atomic E-state index is 6.19. The maximum atomic E-state index is 6.19. The highest BCUT2D eigenvalue weighted by molar-refractivity contribution is 7.13. The van der Waals surface area contributed by atoms with Crippen molar-refractivity contribution in [1.29, 1.82) is 0 Å². The summed E-state index contributed by atoms with van der Waals surface area (Å²) < 4.78 is 1.69. The highest BCUT2D eigenvalue weighted by Crippen LogP contribution is 2.27. The van der Waals surface area contributed by atoms with Gasteiger partial charge in [-0.25, -0.2) is 14.5 Å². The smallest absolute Gasteiger partial charge is 0.194 e. The molecule has 0 aliphatic rings. The van der Waals surface area contributed by atoms with Crippen molar-refractivity contribution in [2.24, 2.45) is 0 Å². The van der Waals surface area contributed by atoms with Gasteiger partial charge in [0.05, 0.1) is 15.9 Å². The van der Waals surface area contributed by atoms with Crippen LogP contribution in [-0.2, 0) is 0 Å². The van der Waals surface area contributed by atoms with Crippen molar-refractivity contribution in [3.05, 3.63) is 45.9 Å². The Kier molecular flexibility index (Phi) is 2.66. The van der Waals surface area contributed by atoms with Gasteiger partial charge in [0.15, 0.2) is 16.6 Å². The molecule has 0 N–H and O–H groups in total. The molecule has 98 valence electrons. The summed E-state index contributed by atoms with van der Waals surface area (Å²) in [5.41, 5.74) is 2.05. The molecule has 3 heterocycles. The zero-order valence-corrected chi connectivity index (χ0v) is 12.2. The van der Waals surface area contributed by atoms with E-state index in [2.05, 4.69) is 15.1 Å². The number of hydrogen-bond acceptors (Lipinski definition) is 4. The van der Waals surface area contributed by atoms with Crippen LogP contribution in [-0.4, -0.2) is 19.6 Å². The lowest BCUT2D eigenvalue weighted by Crippen LogP contribution is -1.94. The van der Waals surface area contributed by atoms with Crippen molar-refractivity contribution in [3.8, 4) is 10.7 Å². The third kappa shape index (κ3) is 1.78. The Morgan fingerprint density at radius 3 is 2.80 bits per heavy atom. The summed E-state index contributed by atoms with van der Waals surface area (Å²) in [5, 5.41) is 7.45. The van der Waals surface area contributed by atoms with E-state index >= 15 is 0 Å². The van der Waals surface area contributed by atoms with E-state index in [0.29, 0.717) is 21.6 Å². The minimum Gasteiger partial charge on any atom is -0.231 e. The van der Waals surface area contributed by atoms with Crippen LogP contribution in [0.5, 0.6) is 0 Å². The highest BCUT2D eigenvalue weighted by Gasteiger charge is 2.14. The summed E-state index contributed by atoms with van der Waals surface area (Å²) in [6.07, 6.45) is 0. The topological polar surface area (TPSA) is 43.1 Å². The molecule has 0 aliphatic carbocycles. The van der Waals surface area contributed by atoms with Gasteiger partial charge in [-0.05, 0) is 29.6 Å². The van der Waals surface area contributed by atoms with Crippen LogP contribution in [0, 0.1) is 0 Å². The Morgan fingerprint density at radius 2 is 2.00 bits per heavy atom. The van der Waals surface area contributed by atoms with Crippen LogP contribution in [0.2, 0.25) is 10.2 Å². The molecule has 4 rings (SSSR count). The molecule has 0 saturated heterocycles. The molecular formula is C13H6Cl2N4S. The zero-order chi connectivity index (χ0) is 13.7. The number of nitrogens with zero attached hydrogens (tertiary/aromatic N) is 4. The van der Waals surface area contributed by atoms with E-state index in [-0.39, 0.29) is 0 Å². The van der Waals surface area contributed by atoms with Gasteiger partial charge in [-0.15, -0.1) is 16.4 Å². The number of aromatic nitrogens is 4. The number of thiophene rings is 1. The second kappa shape index (κ2) is 4.41. The van der Waals surface area contributed by atoms with Gasteiger partial charge in [-0.2, -0.15) is 0 Å². The normalized spacial score (nSPS) is 11.5. The molecule has 1 aromatic carbocycles. The monoisotopic (exact) mass is 320 g/mol. The number of rotatable bonds is 1. The van der Waals surface area contributed by atoms with Crippen molar-refractivity contribution in [2.45, 2.75) is 0 Å². The number of fused-ring (bicyclic) bond motifs is 3. The third-order valence-electron chi connectivity index (χ3n) is 2.92. The molecule has 4 aromatic rings. The molecule has 4 nitrogen and oxygen atoms in total. The first-order chi connectivity index (χ1) is 9.72. The van der Waals surface area contributed by atoms with Gasteiger partial charge < -0.3 is 0 Å². The molecular weight excluding hydrogens is 315 g/mol. The van der Waals surface area contributed by atoms with Crippen LogP contribution in [0.15, 0.2) is 35.7 Å². The van der Waals surface area contributed by atoms with E-state index in [9.17, 15) is 0 Å². The summed E-state index contributed by atoms with van der Waals surface area (Å²) in [6.45, 7) is 0. The van der Waals surface area contributed by atoms with Gasteiger partial charge in [-0.1, -0.05) is 29.3 Å². The number of benzene rings is 1. The summed E-state index contributed by atoms with van der Waals surface area (Å²) >= 11 is 13.8. The van der Waals surface area contributed by atoms with Crippen molar-refractivity contribution in [3.63, 3.8) is 0 Å². The maximum Gasteiger partial charge on any atom is 0.194 e. The van der Waals surface area contributed by atoms with Crippen LogP contribution < -0.4 is 0 Å². The Bertz CT molecular complexity index is 931. The molecule has 0 atom stereocenters. The van der Waals surface area contributed by atoms with E-state index in [4.69, 9.17) is 23.2 Å². The van der Waals surface area contributed by atoms with Crippen LogP contribution in [0.3, 0.4) is 0 Å². The summed E-state index contributed by atoms with van der Waals surface area (Å²) in [6, 6.07) is 9.32. The molecule has 0 aliphatic heterocycles. The van der Waals surface area contributed by atoms with Gasteiger partial charge in [0.2, 0.25) is 0 Å². The summed E-state index contributed by atoms with van der Waals surface area (Å²) in [4.78, 5) is 9.77. The third-order valence-corrected chi connectivity index (χ3v) is 4.27. The molecule has 0 bridgehead atoms. The SMILES string of the molecule is Clc1ccc2nc(Cl)c3nc(-c4cccs4)nn3c2c1. The van der Waals surface area contributed by atoms with Crippen molar-refractivity contribution in [1.82, 2.24) is 19.6 Å². The minimum atomic E-state index is 0.329. The Morgan fingerprint density at radius 1 is 1.10 bits per heavy atom. The quantitative estimate of drug-likeness (QED) is 0.524. The number of hydrogen-bond donors (Lipinski definition) is 0. The molecule has 0 fully saturated rings. The standard InChI is InChI=1S/C13H6Cl2N4S/c14-7-3-4-8-9(6-7)19-13(11(15)16-8)17-12(18-19)10-2-1-5-20-10/h1-6H. The molecule has 0 saturated carbocycles. The first-order valence-electron chi connectivity index (χ1n) is 5.78. The second-order valence-corrected chi connectivity index (χ2v) is 5.93. The van der Waals surface area contributed by atoms with Crippen LogP contribution >= 0.6 is 34.5 Å². The second-order valence-electron chi connectivity index (χ2n) is 4.18. The lowest BCUT2D eigenvalue weighted by atomic mass is 10.3.